The van der Waals surface area contributed by atoms with Crippen molar-refractivity contribution in [2.75, 3.05) is 12.3 Å². The van der Waals surface area contributed by atoms with Gasteiger partial charge in [-0.1, -0.05) is 0 Å². The second-order valence-electron chi connectivity index (χ2n) is 4.58. The smallest absolute Gasteiger partial charge is 0.469 e. The lowest BCUT2D eigenvalue weighted by atomic mass is 10.1. The molecule has 12 nitrogen and oxygen atoms in total. The minimum atomic E-state index is -4.93. The number of carbonyl (C=O) groups is 1. The summed E-state index contributed by atoms with van der Waals surface area (Å²) in [6, 6.07) is 1.08. The summed E-state index contributed by atoms with van der Waals surface area (Å²) in [5.41, 5.74) is 4.10. The topological polar surface area (TPSA) is 194 Å². The van der Waals surface area contributed by atoms with Gasteiger partial charge in [0, 0.05) is 6.20 Å². The van der Waals surface area contributed by atoms with Crippen molar-refractivity contribution in [2.45, 2.75) is 24.4 Å². The van der Waals surface area contributed by atoms with Gasteiger partial charge in [0.25, 0.3) is 6.47 Å². The molecule has 0 aromatic carbocycles. The average molecular weight is 389 g/mol. The highest BCUT2D eigenvalue weighted by molar-refractivity contribution is 7.46. The van der Waals surface area contributed by atoms with E-state index in [4.69, 9.17) is 30.2 Å². The van der Waals surface area contributed by atoms with Crippen LogP contribution in [-0.4, -0.2) is 60.8 Å². The minimum Gasteiger partial charge on any atom is -0.483 e. The van der Waals surface area contributed by atoms with Crippen LogP contribution in [0.15, 0.2) is 17.1 Å². The van der Waals surface area contributed by atoms with Gasteiger partial charge in [-0.3, -0.25) is 13.9 Å². The summed E-state index contributed by atoms with van der Waals surface area (Å²) >= 11 is 0. The van der Waals surface area contributed by atoms with E-state index >= 15 is 0 Å². The molecule has 1 aliphatic rings. The van der Waals surface area contributed by atoms with Crippen LogP contribution in [0.5, 0.6) is 0 Å². The van der Waals surface area contributed by atoms with Crippen LogP contribution in [0.1, 0.15) is 6.23 Å². The summed E-state index contributed by atoms with van der Waals surface area (Å²) in [4.78, 5) is 40.3. The van der Waals surface area contributed by atoms with Gasteiger partial charge < -0.3 is 30.5 Å². The molecule has 0 spiro atoms. The van der Waals surface area contributed by atoms with Crippen LogP contribution in [-0.2, 0) is 18.6 Å². The number of aromatic nitrogens is 2. The van der Waals surface area contributed by atoms with Crippen LogP contribution in [0, 0.1) is 0 Å². The number of ether oxygens (including phenoxy) is 1. The molecule has 15 heteroatoms. The van der Waals surface area contributed by atoms with E-state index in [0.29, 0.717) is 4.57 Å². The van der Waals surface area contributed by atoms with E-state index in [0.717, 1.165) is 12.3 Å². The van der Waals surface area contributed by atoms with Crippen molar-refractivity contribution in [2.24, 2.45) is 0 Å². The predicted octanol–water partition coefficient (Wildman–Crippen LogP) is -1.47. The van der Waals surface area contributed by atoms with Gasteiger partial charge in [-0.15, -0.1) is 0 Å². The molecule has 142 valence electrons. The van der Waals surface area contributed by atoms with E-state index in [2.05, 4.69) is 9.51 Å². The molecule has 1 aromatic rings. The van der Waals surface area contributed by atoms with Crippen molar-refractivity contribution in [3.63, 3.8) is 0 Å². The number of alkyl halides is 2. The quantitative estimate of drug-likeness (QED) is 0.298. The summed E-state index contributed by atoms with van der Waals surface area (Å²) < 4.78 is 47.8. The Bertz CT molecular complexity index is 709. The molecule has 0 bridgehead atoms. The van der Waals surface area contributed by atoms with E-state index in [9.17, 15) is 23.2 Å². The Labute approximate surface area is 137 Å². The van der Waals surface area contributed by atoms with Gasteiger partial charge in [0.05, 0.1) is 6.61 Å². The third-order valence-corrected chi connectivity index (χ3v) is 3.38. The van der Waals surface area contributed by atoms with Crippen LogP contribution in [0.25, 0.3) is 0 Å². The highest BCUT2D eigenvalue weighted by Crippen LogP contribution is 2.44. The van der Waals surface area contributed by atoms with E-state index in [1.807, 2.05) is 0 Å². The molecule has 1 fully saturated rings. The summed E-state index contributed by atoms with van der Waals surface area (Å²) in [5, 5.41) is 16.4. The number of anilines is 1. The van der Waals surface area contributed by atoms with E-state index in [1.165, 1.54) is 0 Å². The van der Waals surface area contributed by atoms with E-state index in [-0.39, 0.29) is 12.3 Å². The minimum absolute atomic E-state index is 0.190. The number of phosphoric acid groups is 1. The van der Waals surface area contributed by atoms with Crippen LogP contribution < -0.4 is 11.4 Å². The summed E-state index contributed by atoms with van der Waals surface area (Å²) in [6.07, 6.45) is -5.50. The van der Waals surface area contributed by atoms with Gasteiger partial charge in [-0.25, -0.2) is 9.36 Å². The van der Waals surface area contributed by atoms with Crippen molar-refractivity contribution in [3.8, 4) is 0 Å². The third-order valence-electron chi connectivity index (χ3n) is 2.89. The van der Waals surface area contributed by atoms with Crippen LogP contribution in [0.3, 0.4) is 0 Å². The summed E-state index contributed by atoms with van der Waals surface area (Å²) in [6.45, 7) is -1.24. The maximum Gasteiger partial charge on any atom is 0.469 e. The van der Waals surface area contributed by atoms with Crippen LogP contribution in [0.2, 0.25) is 0 Å². The molecule has 0 saturated carbocycles. The fourth-order valence-electron chi connectivity index (χ4n) is 1.88. The number of halogens is 2. The molecule has 2 heterocycles. The zero-order valence-corrected chi connectivity index (χ0v) is 13.1. The number of hydrogen-bond acceptors (Lipinski definition) is 8. The number of carboxylic acid groups (broad SMARTS) is 1. The Hall–Kier alpha value is -1.96. The molecule has 0 radical (unpaired) electrons. The van der Waals surface area contributed by atoms with Gasteiger partial charge in [0.15, 0.2) is 6.10 Å². The van der Waals surface area contributed by atoms with E-state index < -0.39 is 44.5 Å². The maximum absolute atomic E-state index is 14.0. The van der Waals surface area contributed by atoms with Gasteiger partial charge in [0.1, 0.15) is 11.9 Å². The molecule has 1 saturated heterocycles. The highest BCUT2D eigenvalue weighted by atomic mass is 31.2. The van der Waals surface area contributed by atoms with Gasteiger partial charge >= 0.3 is 19.4 Å². The fourth-order valence-corrected chi connectivity index (χ4v) is 2.22. The van der Waals surface area contributed by atoms with Crippen molar-refractivity contribution in [3.05, 3.63) is 22.7 Å². The van der Waals surface area contributed by atoms with Crippen LogP contribution >= 0.6 is 7.82 Å². The lowest BCUT2D eigenvalue weighted by molar-refractivity contribution is -0.140. The molecular weight excluding hydrogens is 375 g/mol. The Balaban J connectivity index is 0.000000970. The fraction of sp³-hybridized carbons (Fsp3) is 0.500. The number of hydrogen-bond donors (Lipinski definition) is 5. The first-order valence-corrected chi connectivity index (χ1v) is 7.81. The first kappa shape index (κ1) is 21.1. The third kappa shape index (κ3) is 5.26. The van der Waals surface area contributed by atoms with Crippen molar-refractivity contribution < 1.29 is 47.4 Å². The number of nitrogen functional groups attached to an aromatic ring is 1. The molecular formula is C10H14F2N3O9P. The number of nitrogens with zero attached hydrogens (tertiary/aromatic N) is 2. The Morgan fingerprint density at radius 3 is 2.56 bits per heavy atom. The van der Waals surface area contributed by atoms with Gasteiger partial charge in [0.2, 0.25) is 6.23 Å². The molecule has 0 aliphatic carbocycles. The van der Waals surface area contributed by atoms with Crippen molar-refractivity contribution in [1.29, 1.82) is 0 Å². The lowest BCUT2D eigenvalue weighted by Crippen LogP contribution is -2.41. The second kappa shape index (κ2) is 7.95. The van der Waals surface area contributed by atoms with Crippen molar-refractivity contribution >= 4 is 20.1 Å². The standard InChI is InChI=1S/C9H12F2N3O7P.CH2O2/c10-9(11)6(15)4(3-20-22(17,18)19)21-7(9)14-2-1-5(12)13-8(14)16;2-1-3/h1-2,4,6-7,15H,3H2,(H2,12,13,16)(H2,17,18,19);1H,(H,2,3)/t4-,6?,7-;/m1./s1. The van der Waals surface area contributed by atoms with Crippen molar-refractivity contribution in [1.82, 2.24) is 9.55 Å². The highest BCUT2D eigenvalue weighted by Gasteiger charge is 2.60. The van der Waals surface area contributed by atoms with Gasteiger partial charge in [-0.05, 0) is 6.07 Å². The normalized spacial score (nSPS) is 25.1. The predicted molar refractivity (Wildman–Crippen MR) is 74.5 cm³/mol. The second-order valence-corrected chi connectivity index (χ2v) is 5.82. The monoisotopic (exact) mass is 389 g/mol. The Morgan fingerprint density at radius 2 is 2.08 bits per heavy atom. The molecule has 1 aliphatic heterocycles. The van der Waals surface area contributed by atoms with E-state index in [1.54, 1.807) is 0 Å². The van der Waals surface area contributed by atoms with Gasteiger partial charge in [-0.2, -0.15) is 13.8 Å². The molecule has 25 heavy (non-hydrogen) atoms. The maximum atomic E-state index is 14.0. The number of aliphatic hydroxyl groups excluding tert-OH is 1. The number of rotatable bonds is 4. The first-order chi connectivity index (χ1) is 11.4. The Morgan fingerprint density at radius 1 is 1.52 bits per heavy atom. The molecule has 1 aromatic heterocycles. The molecule has 3 atom stereocenters. The number of phosphoric ester groups is 1. The zero-order valence-electron chi connectivity index (χ0n) is 12.2. The lowest BCUT2D eigenvalue weighted by Gasteiger charge is -2.20. The molecule has 2 rings (SSSR count). The van der Waals surface area contributed by atoms with Crippen LogP contribution in [0.4, 0.5) is 14.6 Å². The molecule has 6 N–H and O–H groups in total. The zero-order chi connectivity index (χ0) is 19.4. The average Bonchev–Trinajstić information content (AvgIpc) is 2.69. The largest absolute Gasteiger partial charge is 0.483 e. The number of aliphatic hydroxyl groups is 1. The summed E-state index contributed by atoms with van der Waals surface area (Å²) in [7, 11) is -4.93. The number of nitrogens with two attached hydrogens (primary N) is 1. The Kier molecular flexibility index (Phi) is 6.70. The molecule has 1 unspecified atom stereocenters. The SMILES string of the molecule is Nc1ccn([C@@H]2O[C@H](COP(=O)(O)O)C(O)C2(F)F)c(=O)n1.O=CO. The summed E-state index contributed by atoms with van der Waals surface area (Å²) in [5.74, 6) is -4.10. The molecule has 0 amide bonds. The first-order valence-electron chi connectivity index (χ1n) is 6.28.